The van der Waals surface area contributed by atoms with Crippen LogP contribution in [0.25, 0.3) is 0 Å². The summed E-state index contributed by atoms with van der Waals surface area (Å²) in [5, 5.41) is 5.47. The molecule has 0 aliphatic carbocycles. The van der Waals surface area contributed by atoms with Crippen molar-refractivity contribution in [2.45, 2.75) is 25.9 Å². The van der Waals surface area contributed by atoms with Gasteiger partial charge in [-0.1, -0.05) is 30.3 Å². The van der Waals surface area contributed by atoms with E-state index in [0.29, 0.717) is 13.1 Å². The molecule has 0 spiro atoms. The summed E-state index contributed by atoms with van der Waals surface area (Å²) in [4.78, 5) is 24.1. The largest absolute Gasteiger partial charge is 0.355 e. The molecule has 1 aliphatic rings. The summed E-state index contributed by atoms with van der Waals surface area (Å²) in [6.07, 6.45) is 0. The van der Waals surface area contributed by atoms with Crippen LogP contribution in [-0.4, -0.2) is 30.9 Å². The number of hydrogen-bond donors (Lipinski definition) is 4. The van der Waals surface area contributed by atoms with E-state index in [1.165, 1.54) is 0 Å². The molecule has 1 aromatic carbocycles. The molecule has 0 saturated carbocycles. The lowest BCUT2D eigenvalue weighted by molar-refractivity contribution is -0.130. The maximum atomic E-state index is 12.4. The number of benzene rings is 1. The number of carbonyl (C=O) groups excluding carboxylic acids is 2. The van der Waals surface area contributed by atoms with Gasteiger partial charge in [-0.2, -0.15) is 0 Å². The summed E-state index contributed by atoms with van der Waals surface area (Å²) in [7, 11) is 0. The normalized spacial score (nSPS) is 22.6. The third-order valence-corrected chi connectivity index (χ3v) is 3.58. The quantitative estimate of drug-likeness (QED) is 0.619. The zero-order valence-electron chi connectivity index (χ0n) is 12.3. The molecule has 4 N–H and O–H groups in total. The van der Waals surface area contributed by atoms with E-state index in [4.69, 9.17) is 0 Å². The smallest absolute Gasteiger partial charge is 0.242 e. The number of hydrogen-bond acceptors (Lipinski definition) is 4. The molecule has 1 aliphatic heterocycles. The number of hydrazine groups is 1. The van der Waals surface area contributed by atoms with Crippen LogP contribution in [0.3, 0.4) is 0 Å². The molecule has 3 atom stereocenters. The molecular formula is C15H22N4O2. The van der Waals surface area contributed by atoms with Crippen LogP contribution < -0.4 is 21.5 Å². The fraction of sp³-hybridized carbons (Fsp3) is 0.467. The Hall–Kier alpha value is -1.92. The van der Waals surface area contributed by atoms with Crippen LogP contribution >= 0.6 is 0 Å². The van der Waals surface area contributed by atoms with E-state index in [2.05, 4.69) is 21.5 Å². The van der Waals surface area contributed by atoms with Gasteiger partial charge in [-0.25, -0.2) is 5.43 Å². The minimum Gasteiger partial charge on any atom is -0.355 e. The summed E-state index contributed by atoms with van der Waals surface area (Å²) in [5.74, 6) is -0.537. The van der Waals surface area contributed by atoms with E-state index >= 15 is 0 Å². The fourth-order valence-corrected chi connectivity index (χ4v) is 2.43. The van der Waals surface area contributed by atoms with Gasteiger partial charge in [-0.3, -0.25) is 15.0 Å². The first-order valence-corrected chi connectivity index (χ1v) is 7.25. The van der Waals surface area contributed by atoms with Gasteiger partial charge in [0.25, 0.3) is 0 Å². The molecule has 1 fully saturated rings. The van der Waals surface area contributed by atoms with Crippen molar-refractivity contribution in [3.05, 3.63) is 35.9 Å². The minimum atomic E-state index is -0.533. The molecule has 6 nitrogen and oxygen atoms in total. The molecule has 21 heavy (non-hydrogen) atoms. The molecule has 2 rings (SSSR count). The SMILES string of the molecule is CCNC(=O)C(C)NC(=O)C1CNNC1c1ccccc1. The Morgan fingerprint density at radius 1 is 1.33 bits per heavy atom. The second-order valence-corrected chi connectivity index (χ2v) is 5.14. The predicted molar refractivity (Wildman–Crippen MR) is 80.1 cm³/mol. The van der Waals surface area contributed by atoms with Crippen LogP contribution in [0.5, 0.6) is 0 Å². The summed E-state index contributed by atoms with van der Waals surface area (Å²) >= 11 is 0. The van der Waals surface area contributed by atoms with Crippen molar-refractivity contribution in [2.24, 2.45) is 5.92 Å². The molecule has 0 radical (unpaired) electrons. The second-order valence-electron chi connectivity index (χ2n) is 5.14. The first kappa shape index (κ1) is 15.5. The highest BCUT2D eigenvalue weighted by atomic mass is 16.2. The van der Waals surface area contributed by atoms with Gasteiger partial charge in [0.1, 0.15) is 6.04 Å². The molecule has 0 bridgehead atoms. The van der Waals surface area contributed by atoms with Crippen molar-refractivity contribution >= 4 is 11.8 Å². The van der Waals surface area contributed by atoms with E-state index < -0.39 is 6.04 Å². The van der Waals surface area contributed by atoms with Crippen molar-refractivity contribution < 1.29 is 9.59 Å². The summed E-state index contributed by atoms with van der Waals surface area (Å²) < 4.78 is 0. The van der Waals surface area contributed by atoms with Crippen molar-refractivity contribution in [1.29, 1.82) is 0 Å². The highest BCUT2D eigenvalue weighted by Gasteiger charge is 2.34. The second kappa shape index (κ2) is 7.19. The summed E-state index contributed by atoms with van der Waals surface area (Å²) in [6, 6.07) is 9.18. The zero-order chi connectivity index (χ0) is 15.2. The van der Waals surface area contributed by atoms with E-state index in [0.717, 1.165) is 5.56 Å². The Kier molecular flexibility index (Phi) is 5.30. The number of carbonyl (C=O) groups is 2. The van der Waals surface area contributed by atoms with Gasteiger partial charge < -0.3 is 10.6 Å². The van der Waals surface area contributed by atoms with Crippen molar-refractivity contribution in [2.75, 3.05) is 13.1 Å². The third-order valence-electron chi connectivity index (χ3n) is 3.58. The summed E-state index contributed by atoms with van der Waals surface area (Å²) in [5.41, 5.74) is 7.19. The van der Waals surface area contributed by atoms with Crippen LogP contribution in [0.1, 0.15) is 25.5 Å². The predicted octanol–water partition coefficient (Wildman–Crippen LogP) is 0.0925. The Balaban J connectivity index is 2.00. The number of rotatable bonds is 5. The molecule has 114 valence electrons. The average Bonchev–Trinajstić information content (AvgIpc) is 2.98. The maximum absolute atomic E-state index is 12.4. The molecule has 3 unspecified atom stereocenters. The first-order chi connectivity index (χ1) is 10.1. The number of likely N-dealkylation sites (N-methyl/N-ethyl adjacent to an activating group) is 1. The van der Waals surface area contributed by atoms with E-state index in [1.54, 1.807) is 6.92 Å². The van der Waals surface area contributed by atoms with Crippen LogP contribution in [-0.2, 0) is 9.59 Å². The van der Waals surface area contributed by atoms with Crippen LogP contribution in [0.4, 0.5) is 0 Å². The standard InChI is InChI=1S/C15H22N4O2/c1-3-16-14(20)10(2)18-15(21)12-9-17-19-13(12)11-7-5-4-6-8-11/h4-8,10,12-13,17,19H,3,9H2,1-2H3,(H,16,20)(H,18,21). The van der Waals surface area contributed by atoms with Crippen molar-refractivity contribution in [3.8, 4) is 0 Å². The lowest BCUT2D eigenvalue weighted by Crippen LogP contribution is -2.47. The van der Waals surface area contributed by atoms with E-state index in [9.17, 15) is 9.59 Å². The van der Waals surface area contributed by atoms with Gasteiger partial charge in [0.15, 0.2) is 0 Å². The Bertz CT molecular complexity index is 492. The first-order valence-electron chi connectivity index (χ1n) is 7.25. The van der Waals surface area contributed by atoms with Gasteiger partial charge in [-0.15, -0.1) is 0 Å². The lowest BCUT2D eigenvalue weighted by atomic mass is 9.94. The van der Waals surface area contributed by atoms with E-state index in [1.807, 2.05) is 37.3 Å². The molecule has 2 amide bonds. The molecule has 1 aromatic rings. The van der Waals surface area contributed by atoms with Gasteiger partial charge in [0, 0.05) is 13.1 Å². The fourth-order valence-electron chi connectivity index (χ4n) is 2.43. The van der Waals surface area contributed by atoms with Crippen LogP contribution in [0.2, 0.25) is 0 Å². The van der Waals surface area contributed by atoms with Crippen molar-refractivity contribution in [1.82, 2.24) is 21.5 Å². The van der Waals surface area contributed by atoms with Gasteiger partial charge >= 0.3 is 0 Å². The molecule has 1 heterocycles. The van der Waals surface area contributed by atoms with Crippen molar-refractivity contribution in [3.63, 3.8) is 0 Å². The zero-order valence-corrected chi connectivity index (χ0v) is 12.3. The number of nitrogens with one attached hydrogen (secondary N) is 4. The molecule has 6 heteroatoms. The monoisotopic (exact) mass is 290 g/mol. The topological polar surface area (TPSA) is 82.3 Å². The number of amides is 2. The Morgan fingerprint density at radius 3 is 2.71 bits per heavy atom. The highest BCUT2D eigenvalue weighted by Crippen LogP contribution is 2.24. The molecule has 1 saturated heterocycles. The highest BCUT2D eigenvalue weighted by molar-refractivity contribution is 5.88. The van der Waals surface area contributed by atoms with Crippen LogP contribution in [0.15, 0.2) is 30.3 Å². The van der Waals surface area contributed by atoms with Crippen LogP contribution in [0, 0.1) is 5.92 Å². The Morgan fingerprint density at radius 2 is 2.05 bits per heavy atom. The maximum Gasteiger partial charge on any atom is 0.242 e. The molecular weight excluding hydrogens is 268 g/mol. The van der Waals surface area contributed by atoms with Gasteiger partial charge in [0.2, 0.25) is 11.8 Å². The lowest BCUT2D eigenvalue weighted by Gasteiger charge is -2.20. The Labute approximate surface area is 124 Å². The van der Waals surface area contributed by atoms with Gasteiger partial charge in [0.05, 0.1) is 12.0 Å². The van der Waals surface area contributed by atoms with Gasteiger partial charge in [-0.05, 0) is 19.4 Å². The third kappa shape index (κ3) is 3.80. The molecule has 0 aromatic heterocycles. The minimum absolute atomic E-state index is 0.0902. The van der Waals surface area contributed by atoms with E-state index in [-0.39, 0.29) is 23.8 Å². The summed E-state index contributed by atoms with van der Waals surface area (Å²) in [6.45, 7) is 4.63. The average molecular weight is 290 g/mol.